The third-order valence-electron chi connectivity index (χ3n) is 3.92. The van der Waals surface area contributed by atoms with E-state index in [0.29, 0.717) is 10.8 Å². The zero-order valence-electron chi connectivity index (χ0n) is 12.6. The number of aromatic nitrogens is 1. The first-order chi connectivity index (χ1) is 11.7. The third-order valence-corrected chi connectivity index (χ3v) is 4.71. The number of nitrogens with zero attached hydrogens (tertiary/aromatic N) is 1. The summed E-state index contributed by atoms with van der Waals surface area (Å²) in [5.74, 6) is 0. The summed E-state index contributed by atoms with van der Waals surface area (Å²) in [6.07, 6.45) is -4.26. The lowest BCUT2D eigenvalue weighted by atomic mass is 10.1. The molecular formula is C14H15ClNO8P. The summed E-state index contributed by atoms with van der Waals surface area (Å²) in [5, 5.41) is 21.2. The molecule has 0 bridgehead atoms. The molecule has 4 N–H and O–H groups in total. The molecule has 1 aromatic heterocycles. The molecule has 0 radical (unpaired) electrons. The van der Waals surface area contributed by atoms with Crippen LogP contribution >= 0.6 is 19.4 Å². The fourth-order valence-electron chi connectivity index (χ4n) is 2.72. The van der Waals surface area contributed by atoms with Gasteiger partial charge in [-0.25, -0.2) is 4.57 Å². The lowest BCUT2D eigenvalue weighted by Gasteiger charge is -2.19. The fourth-order valence-corrected chi connectivity index (χ4v) is 3.33. The first-order valence-corrected chi connectivity index (χ1v) is 9.11. The molecule has 2 heterocycles. The van der Waals surface area contributed by atoms with Gasteiger partial charge < -0.3 is 24.7 Å². The molecule has 9 nitrogen and oxygen atoms in total. The summed E-state index contributed by atoms with van der Waals surface area (Å²) in [5.41, 5.74) is -0.493. The van der Waals surface area contributed by atoms with Gasteiger partial charge in [-0.15, -0.1) is 0 Å². The minimum atomic E-state index is -4.77. The second kappa shape index (κ2) is 6.79. The maximum atomic E-state index is 12.6. The van der Waals surface area contributed by atoms with Crippen LogP contribution in [0.3, 0.4) is 0 Å². The number of phosphoric acid groups is 1. The Morgan fingerprint density at radius 3 is 2.48 bits per heavy atom. The third kappa shape index (κ3) is 3.64. The summed E-state index contributed by atoms with van der Waals surface area (Å²) in [4.78, 5) is 30.1. The van der Waals surface area contributed by atoms with Crippen molar-refractivity contribution in [3.05, 3.63) is 45.8 Å². The predicted octanol–water partition coefficient (Wildman–Crippen LogP) is 0.383. The molecule has 136 valence electrons. The standard InChI is InChI=1S/C14H15ClNO8P/c15-9-5-16(13(19)8-4-2-1-3-7(8)9)14-12(18)11(17)10(24-14)6-23-25(20,21)22/h1-5,10-12,14,17-18H,6H2,(H2,20,21,22)/t10-,11+,12-,14-/m1/s1. The second-order valence-corrected chi connectivity index (χ2v) is 7.21. The SMILES string of the molecule is O=c1c2ccccc2c(Cl)cn1[C@@H]1O[C@H](COP(=O)(O)O)[C@H](O)[C@H]1O. The van der Waals surface area contributed by atoms with E-state index in [0.717, 1.165) is 4.57 Å². The van der Waals surface area contributed by atoms with Gasteiger partial charge in [0.05, 0.1) is 11.6 Å². The summed E-state index contributed by atoms with van der Waals surface area (Å²) in [7, 11) is -4.77. The van der Waals surface area contributed by atoms with Crippen molar-refractivity contribution in [3.8, 4) is 0 Å². The van der Waals surface area contributed by atoms with Gasteiger partial charge in [0.25, 0.3) is 5.56 Å². The van der Waals surface area contributed by atoms with E-state index in [4.69, 9.17) is 26.1 Å². The number of benzene rings is 1. The van der Waals surface area contributed by atoms with E-state index < -0.39 is 44.5 Å². The maximum Gasteiger partial charge on any atom is 0.469 e. The molecule has 0 spiro atoms. The molecule has 2 aromatic rings. The first-order valence-electron chi connectivity index (χ1n) is 7.20. The van der Waals surface area contributed by atoms with Crippen LogP contribution in [-0.2, 0) is 13.8 Å². The zero-order chi connectivity index (χ0) is 18.4. The Hall–Kier alpha value is -1.29. The quantitative estimate of drug-likeness (QED) is 0.549. The lowest BCUT2D eigenvalue weighted by molar-refractivity contribution is -0.0534. The van der Waals surface area contributed by atoms with Crippen molar-refractivity contribution in [2.75, 3.05) is 6.61 Å². The van der Waals surface area contributed by atoms with Crippen LogP contribution in [0.1, 0.15) is 6.23 Å². The fraction of sp³-hybridized carbons (Fsp3) is 0.357. The molecule has 1 aliphatic heterocycles. The Balaban J connectivity index is 1.94. The highest BCUT2D eigenvalue weighted by Crippen LogP contribution is 2.38. The van der Waals surface area contributed by atoms with Gasteiger partial charge in [0.2, 0.25) is 0 Å². The van der Waals surface area contributed by atoms with E-state index in [2.05, 4.69) is 4.52 Å². The highest BCUT2D eigenvalue weighted by atomic mass is 35.5. The van der Waals surface area contributed by atoms with E-state index in [-0.39, 0.29) is 5.02 Å². The van der Waals surface area contributed by atoms with E-state index >= 15 is 0 Å². The number of pyridine rings is 1. The van der Waals surface area contributed by atoms with E-state index in [1.807, 2.05) is 0 Å². The van der Waals surface area contributed by atoms with Crippen LogP contribution in [0, 0.1) is 0 Å². The monoisotopic (exact) mass is 391 g/mol. The van der Waals surface area contributed by atoms with Crippen molar-refractivity contribution >= 4 is 30.2 Å². The van der Waals surface area contributed by atoms with Gasteiger partial charge in [-0.3, -0.25) is 13.9 Å². The van der Waals surface area contributed by atoms with Crippen molar-refractivity contribution in [2.45, 2.75) is 24.5 Å². The minimum Gasteiger partial charge on any atom is -0.387 e. The van der Waals surface area contributed by atoms with Crippen LogP contribution < -0.4 is 5.56 Å². The molecule has 11 heteroatoms. The summed E-state index contributed by atoms with van der Waals surface area (Å²) in [6, 6.07) is 6.60. The molecule has 1 saturated heterocycles. The van der Waals surface area contributed by atoms with Crippen LogP contribution in [0.25, 0.3) is 10.8 Å². The van der Waals surface area contributed by atoms with Gasteiger partial charge in [0.1, 0.15) is 18.3 Å². The van der Waals surface area contributed by atoms with Crippen LogP contribution in [0.15, 0.2) is 35.3 Å². The van der Waals surface area contributed by atoms with Gasteiger partial charge in [-0.05, 0) is 6.07 Å². The molecule has 1 aliphatic rings. The minimum absolute atomic E-state index is 0.246. The van der Waals surface area contributed by atoms with Crippen molar-refractivity contribution in [1.29, 1.82) is 0 Å². The zero-order valence-corrected chi connectivity index (χ0v) is 14.2. The van der Waals surface area contributed by atoms with Gasteiger partial charge in [-0.1, -0.05) is 29.8 Å². The van der Waals surface area contributed by atoms with Crippen molar-refractivity contribution in [2.24, 2.45) is 0 Å². The Bertz CT molecular complexity index is 896. The number of hydrogen-bond donors (Lipinski definition) is 4. The summed E-state index contributed by atoms with van der Waals surface area (Å²) >= 11 is 6.17. The topological polar surface area (TPSA) is 138 Å². The number of halogens is 1. The Morgan fingerprint density at radius 2 is 1.84 bits per heavy atom. The Kier molecular flexibility index (Phi) is 5.02. The largest absolute Gasteiger partial charge is 0.469 e. The molecule has 0 saturated carbocycles. The van der Waals surface area contributed by atoms with Crippen LogP contribution in [0.4, 0.5) is 0 Å². The second-order valence-electron chi connectivity index (χ2n) is 5.57. The van der Waals surface area contributed by atoms with E-state index in [1.165, 1.54) is 6.20 Å². The maximum absolute atomic E-state index is 12.6. The number of aliphatic hydroxyl groups is 2. The molecule has 25 heavy (non-hydrogen) atoms. The van der Waals surface area contributed by atoms with Crippen molar-refractivity contribution < 1.29 is 33.8 Å². The molecular weight excluding hydrogens is 377 g/mol. The number of ether oxygens (including phenoxy) is 1. The van der Waals surface area contributed by atoms with Crippen LogP contribution in [0.2, 0.25) is 5.02 Å². The Morgan fingerprint density at radius 1 is 1.20 bits per heavy atom. The number of aliphatic hydroxyl groups excluding tert-OH is 2. The van der Waals surface area contributed by atoms with Crippen LogP contribution in [0.5, 0.6) is 0 Å². The van der Waals surface area contributed by atoms with Crippen molar-refractivity contribution in [3.63, 3.8) is 0 Å². The first kappa shape index (κ1) is 18.5. The molecule has 0 aliphatic carbocycles. The number of rotatable bonds is 4. The van der Waals surface area contributed by atoms with E-state index in [1.54, 1.807) is 24.3 Å². The molecule has 0 amide bonds. The molecule has 0 unspecified atom stereocenters. The number of hydrogen-bond acceptors (Lipinski definition) is 6. The molecule has 3 rings (SSSR count). The Labute approximate surface area is 146 Å². The number of fused-ring (bicyclic) bond motifs is 1. The molecule has 1 aromatic carbocycles. The average molecular weight is 392 g/mol. The van der Waals surface area contributed by atoms with Crippen LogP contribution in [-0.4, -0.2) is 49.5 Å². The van der Waals surface area contributed by atoms with Gasteiger partial charge in [-0.2, -0.15) is 0 Å². The average Bonchev–Trinajstić information content (AvgIpc) is 2.84. The van der Waals surface area contributed by atoms with Gasteiger partial charge in [0, 0.05) is 17.0 Å². The molecule has 1 fully saturated rings. The lowest BCUT2D eigenvalue weighted by Crippen LogP contribution is -2.35. The highest BCUT2D eigenvalue weighted by molar-refractivity contribution is 7.46. The summed E-state index contributed by atoms with van der Waals surface area (Å²) < 4.78 is 21.5. The smallest absolute Gasteiger partial charge is 0.387 e. The highest BCUT2D eigenvalue weighted by Gasteiger charge is 2.45. The van der Waals surface area contributed by atoms with Crippen molar-refractivity contribution in [1.82, 2.24) is 4.57 Å². The predicted molar refractivity (Wildman–Crippen MR) is 87.1 cm³/mol. The van der Waals surface area contributed by atoms with E-state index in [9.17, 15) is 19.6 Å². The van der Waals surface area contributed by atoms with Gasteiger partial charge in [0.15, 0.2) is 6.23 Å². The number of phosphoric ester groups is 1. The normalized spacial score (nSPS) is 27.1. The molecule has 4 atom stereocenters. The summed E-state index contributed by atoms with van der Waals surface area (Å²) in [6.45, 7) is -0.658. The van der Waals surface area contributed by atoms with Gasteiger partial charge >= 0.3 is 7.82 Å².